The highest BCUT2D eigenvalue weighted by molar-refractivity contribution is 8.00. The number of benzene rings is 2. The summed E-state index contributed by atoms with van der Waals surface area (Å²) in [4.78, 5) is 21.4. The van der Waals surface area contributed by atoms with Crippen molar-refractivity contribution in [3.05, 3.63) is 84.0 Å². The maximum absolute atomic E-state index is 12.6. The number of nitrogens with zero attached hydrogens (tertiary/aromatic N) is 4. The van der Waals surface area contributed by atoms with Gasteiger partial charge < -0.3 is 5.32 Å². The molecule has 1 N–H and O–H groups in total. The first-order valence-corrected chi connectivity index (χ1v) is 10.8. The molecule has 2 heterocycles. The summed E-state index contributed by atoms with van der Waals surface area (Å²) in [7, 11) is 0. The van der Waals surface area contributed by atoms with Crippen LogP contribution >= 0.6 is 23.4 Å². The number of anilines is 1. The molecule has 4 aromatic rings. The molecule has 31 heavy (non-hydrogen) atoms. The Labute approximate surface area is 189 Å². The molecule has 154 valence electrons. The van der Waals surface area contributed by atoms with E-state index in [1.165, 1.54) is 18.0 Å². The van der Waals surface area contributed by atoms with Crippen LogP contribution in [-0.4, -0.2) is 31.3 Å². The average molecular weight is 448 g/mol. The minimum atomic E-state index is -0.453. The van der Waals surface area contributed by atoms with E-state index in [4.69, 9.17) is 16.6 Å². The van der Waals surface area contributed by atoms with Crippen LogP contribution < -0.4 is 5.32 Å². The fraction of sp³-hybridized carbons (Fsp3) is 0.0870. The van der Waals surface area contributed by atoms with Crippen LogP contribution in [0.5, 0.6) is 0 Å². The van der Waals surface area contributed by atoms with Crippen LogP contribution in [0.15, 0.2) is 84.1 Å². The van der Waals surface area contributed by atoms with Crippen molar-refractivity contribution in [2.24, 2.45) is 0 Å². The van der Waals surface area contributed by atoms with Crippen molar-refractivity contribution in [3.8, 4) is 22.5 Å². The van der Waals surface area contributed by atoms with Crippen molar-refractivity contribution >= 4 is 35.1 Å². The Balaban J connectivity index is 1.58. The van der Waals surface area contributed by atoms with Gasteiger partial charge >= 0.3 is 0 Å². The molecule has 0 aliphatic carbocycles. The number of carbonyl (C=O) groups excluding carboxylic acids is 1. The van der Waals surface area contributed by atoms with Crippen LogP contribution in [0.4, 0.5) is 5.82 Å². The molecule has 2 aromatic carbocycles. The van der Waals surface area contributed by atoms with Gasteiger partial charge in [-0.25, -0.2) is 9.97 Å². The van der Waals surface area contributed by atoms with E-state index in [-0.39, 0.29) is 5.91 Å². The minimum Gasteiger partial charge on any atom is -0.310 e. The predicted molar refractivity (Wildman–Crippen MR) is 124 cm³/mol. The first-order chi connectivity index (χ1) is 15.1. The van der Waals surface area contributed by atoms with Crippen molar-refractivity contribution in [1.82, 2.24) is 20.2 Å². The van der Waals surface area contributed by atoms with Gasteiger partial charge in [0.2, 0.25) is 11.1 Å². The summed E-state index contributed by atoms with van der Waals surface area (Å²) in [6, 6.07) is 22.9. The second-order valence-corrected chi connectivity index (χ2v) is 8.38. The standard InChI is InChI=1S/C23H18ClN5OS/c1-15(22(30)26-19-13-12-18(24)14-25-19)31-23-27-20(16-8-4-2-5-9-16)21(28-29-23)17-10-6-3-7-11-17/h2-15H,1H3,(H,25,26,30). The van der Waals surface area contributed by atoms with Crippen LogP contribution in [0.3, 0.4) is 0 Å². The number of thioether (sulfide) groups is 1. The van der Waals surface area contributed by atoms with E-state index in [1.54, 1.807) is 19.1 Å². The first kappa shape index (κ1) is 21.0. The van der Waals surface area contributed by atoms with E-state index in [9.17, 15) is 4.79 Å². The van der Waals surface area contributed by atoms with Crippen LogP contribution in [0.25, 0.3) is 22.5 Å². The van der Waals surface area contributed by atoms with Gasteiger partial charge in [-0.1, -0.05) is 84.0 Å². The SMILES string of the molecule is CC(Sc1nnc(-c2ccccc2)c(-c2ccccc2)n1)C(=O)Nc1ccc(Cl)cn1. The first-order valence-electron chi connectivity index (χ1n) is 9.55. The lowest BCUT2D eigenvalue weighted by Gasteiger charge is -2.12. The third kappa shape index (κ3) is 5.25. The largest absolute Gasteiger partial charge is 0.310 e. The van der Waals surface area contributed by atoms with E-state index >= 15 is 0 Å². The fourth-order valence-corrected chi connectivity index (χ4v) is 3.66. The molecule has 1 atom stereocenters. The molecule has 0 aliphatic heterocycles. The van der Waals surface area contributed by atoms with Crippen molar-refractivity contribution in [2.75, 3.05) is 5.32 Å². The number of hydrogen-bond donors (Lipinski definition) is 1. The highest BCUT2D eigenvalue weighted by Gasteiger charge is 2.19. The molecule has 6 nitrogen and oxygen atoms in total. The molecule has 0 aliphatic rings. The normalized spacial score (nSPS) is 11.7. The van der Waals surface area contributed by atoms with Gasteiger partial charge in [0.25, 0.3) is 0 Å². The highest BCUT2D eigenvalue weighted by atomic mass is 35.5. The number of hydrogen-bond acceptors (Lipinski definition) is 6. The summed E-state index contributed by atoms with van der Waals surface area (Å²) in [5.41, 5.74) is 3.27. The summed E-state index contributed by atoms with van der Waals surface area (Å²) in [5.74, 6) is 0.224. The lowest BCUT2D eigenvalue weighted by Crippen LogP contribution is -2.23. The Morgan fingerprint density at radius 2 is 1.55 bits per heavy atom. The van der Waals surface area contributed by atoms with E-state index in [1.807, 2.05) is 60.7 Å². The Morgan fingerprint density at radius 3 is 2.16 bits per heavy atom. The zero-order valence-corrected chi connectivity index (χ0v) is 18.1. The molecular weight excluding hydrogens is 430 g/mol. The van der Waals surface area contributed by atoms with Crippen LogP contribution in [0.1, 0.15) is 6.92 Å². The number of halogens is 1. The Morgan fingerprint density at radius 1 is 0.903 bits per heavy atom. The maximum Gasteiger partial charge on any atom is 0.238 e. The molecule has 2 aromatic heterocycles. The molecule has 8 heteroatoms. The highest BCUT2D eigenvalue weighted by Crippen LogP contribution is 2.30. The quantitative estimate of drug-likeness (QED) is 0.400. The summed E-state index contributed by atoms with van der Waals surface area (Å²) < 4.78 is 0. The van der Waals surface area contributed by atoms with E-state index in [0.29, 0.717) is 21.7 Å². The number of nitrogens with one attached hydrogen (secondary N) is 1. The molecule has 1 amide bonds. The monoisotopic (exact) mass is 447 g/mol. The second-order valence-electron chi connectivity index (χ2n) is 6.63. The summed E-state index contributed by atoms with van der Waals surface area (Å²) >= 11 is 7.07. The topological polar surface area (TPSA) is 80.7 Å². The molecule has 0 saturated carbocycles. The smallest absolute Gasteiger partial charge is 0.238 e. The van der Waals surface area contributed by atoms with Gasteiger partial charge in [0, 0.05) is 17.3 Å². The van der Waals surface area contributed by atoms with Crippen LogP contribution in [-0.2, 0) is 4.79 Å². The van der Waals surface area contributed by atoms with Gasteiger partial charge in [0.15, 0.2) is 0 Å². The van der Waals surface area contributed by atoms with Gasteiger partial charge in [-0.05, 0) is 19.1 Å². The summed E-state index contributed by atoms with van der Waals surface area (Å²) in [6.45, 7) is 1.78. The molecule has 1 unspecified atom stereocenters. The lowest BCUT2D eigenvalue weighted by atomic mass is 10.0. The molecule has 0 bridgehead atoms. The van der Waals surface area contributed by atoms with Gasteiger partial charge in [-0.2, -0.15) is 0 Å². The molecular formula is C23H18ClN5OS. The maximum atomic E-state index is 12.6. The van der Waals surface area contributed by atoms with Gasteiger partial charge in [0.1, 0.15) is 17.2 Å². The molecule has 0 spiro atoms. The average Bonchev–Trinajstić information content (AvgIpc) is 2.81. The Kier molecular flexibility index (Phi) is 6.54. The minimum absolute atomic E-state index is 0.211. The number of pyridine rings is 1. The van der Waals surface area contributed by atoms with E-state index in [2.05, 4.69) is 20.5 Å². The predicted octanol–water partition coefficient (Wildman–Crippen LogP) is 5.37. The molecule has 0 saturated heterocycles. The van der Waals surface area contributed by atoms with Gasteiger partial charge in [0.05, 0.1) is 10.3 Å². The Bertz CT molecular complexity index is 1170. The summed E-state index contributed by atoms with van der Waals surface area (Å²) in [6.07, 6.45) is 1.48. The number of amides is 1. The van der Waals surface area contributed by atoms with Gasteiger partial charge in [-0.15, -0.1) is 10.2 Å². The van der Waals surface area contributed by atoms with Gasteiger partial charge in [-0.3, -0.25) is 4.79 Å². The van der Waals surface area contributed by atoms with Crippen LogP contribution in [0, 0.1) is 0 Å². The molecule has 4 rings (SSSR count). The number of rotatable bonds is 6. The van der Waals surface area contributed by atoms with Crippen molar-refractivity contribution in [2.45, 2.75) is 17.3 Å². The van der Waals surface area contributed by atoms with Crippen molar-refractivity contribution in [1.29, 1.82) is 0 Å². The van der Waals surface area contributed by atoms with Crippen molar-refractivity contribution < 1.29 is 4.79 Å². The zero-order valence-electron chi connectivity index (χ0n) is 16.6. The summed E-state index contributed by atoms with van der Waals surface area (Å²) in [5, 5.41) is 12.0. The fourth-order valence-electron chi connectivity index (χ4n) is 2.84. The lowest BCUT2D eigenvalue weighted by molar-refractivity contribution is -0.115. The van der Waals surface area contributed by atoms with E-state index < -0.39 is 5.25 Å². The number of carbonyl (C=O) groups is 1. The third-order valence-electron chi connectivity index (χ3n) is 4.39. The Hall–Kier alpha value is -3.29. The van der Waals surface area contributed by atoms with Crippen LogP contribution in [0.2, 0.25) is 5.02 Å². The zero-order chi connectivity index (χ0) is 21.6. The number of aromatic nitrogens is 4. The van der Waals surface area contributed by atoms with E-state index in [0.717, 1.165) is 16.8 Å². The second kappa shape index (κ2) is 9.68. The van der Waals surface area contributed by atoms with Crippen molar-refractivity contribution in [3.63, 3.8) is 0 Å². The molecule has 0 fully saturated rings. The molecule has 0 radical (unpaired) electrons. The third-order valence-corrected chi connectivity index (χ3v) is 5.57.